The van der Waals surface area contributed by atoms with Crippen LogP contribution in [0.25, 0.3) is 0 Å². The topological polar surface area (TPSA) is 3.88 Å². The largest absolute Gasteiger partial charge is 0.194 e. The van der Waals surface area contributed by atoms with Gasteiger partial charge in [-0.1, -0.05) is 118 Å². The van der Waals surface area contributed by atoms with Gasteiger partial charge in [0.2, 0.25) is 0 Å². The van der Waals surface area contributed by atoms with Crippen molar-refractivity contribution in [1.29, 1.82) is 0 Å². The average molecular weight is 501 g/mol. The Morgan fingerprint density at radius 1 is 0.389 bits per heavy atom. The molecule has 0 aliphatic rings. The van der Waals surface area contributed by atoms with E-state index in [1.165, 1.54) is 28.1 Å². The molecular weight excluding hydrogens is 434 g/mol. The lowest BCUT2D eigenvalue weighted by molar-refractivity contribution is -0.786. The van der Waals surface area contributed by atoms with E-state index >= 15 is 0 Å². The first-order valence-corrected chi connectivity index (χ1v) is 14.4. The summed E-state index contributed by atoms with van der Waals surface area (Å²) in [6.07, 6.45) is 0. The van der Waals surface area contributed by atoms with Crippen LogP contribution in [0.15, 0.2) is 0 Å². The van der Waals surface area contributed by atoms with Crippen LogP contribution in [-0.2, 0) is 16.4 Å². The summed E-state index contributed by atoms with van der Waals surface area (Å²) in [6.45, 7) is 53.8. The normalized spacial score (nSPS) is 15.5. The second-order valence-corrected chi connectivity index (χ2v) is 17.7. The summed E-state index contributed by atoms with van der Waals surface area (Å²) in [5, 5.41) is 0. The molecule has 0 aromatic carbocycles. The van der Waals surface area contributed by atoms with Gasteiger partial charge in [0.25, 0.3) is 0 Å². The molecule has 0 bridgehead atoms. The highest BCUT2D eigenvalue weighted by Crippen LogP contribution is 2.66. The number of rotatable bonds is 5. The smallest absolute Gasteiger partial charge is 0.182 e. The van der Waals surface area contributed by atoms with Crippen LogP contribution in [0.3, 0.4) is 0 Å². The first-order valence-electron chi connectivity index (χ1n) is 14.4. The van der Waals surface area contributed by atoms with Crippen molar-refractivity contribution in [3.8, 4) is 0 Å². The molecule has 1 rings (SSSR count). The molecule has 0 N–H and O–H groups in total. The van der Waals surface area contributed by atoms with Gasteiger partial charge in [-0.15, -0.1) is 0 Å². The average Bonchev–Trinajstić information content (AvgIpc) is 2.56. The zero-order valence-corrected chi connectivity index (χ0v) is 28.9. The maximum Gasteiger partial charge on any atom is 0.182 e. The Hall–Kier alpha value is -0.850. The van der Waals surface area contributed by atoms with Crippen molar-refractivity contribution >= 4 is 0 Å². The van der Waals surface area contributed by atoms with E-state index in [-0.39, 0.29) is 43.4 Å². The zero-order chi connectivity index (χ0) is 29.5. The quantitative estimate of drug-likeness (QED) is 0.354. The minimum absolute atomic E-state index is 0.0221. The molecule has 1 aromatic heterocycles. The van der Waals surface area contributed by atoms with Crippen molar-refractivity contribution in [3.05, 3.63) is 28.1 Å². The van der Waals surface area contributed by atoms with Crippen molar-refractivity contribution in [1.82, 2.24) is 0 Å². The number of hydrogen-bond acceptors (Lipinski definition) is 0. The van der Waals surface area contributed by atoms with Crippen LogP contribution >= 0.6 is 0 Å². The third-order valence-corrected chi connectivity index (χ3v) is 12.3. The van der Waals surface area contributed by atoms with E-state index in [0.717, 1.165) is 0 Å². The molecule has 0 aliphatic heterocycles. The van der Waals surface area contributed by atoms with Crippen LogP contribution < -0.4 is 4.57 Å². The summed E-state index contributed by atoms with van der Waals surface area (Å²) in [5.74, 6) is 0. The number of aromatic nitrogens is 1. The van der Waals surface area contributed by atoms with E-state index in [9.17, 15) is 0 Å². The van der Waals surface area contributed by atoms with Crippen LogP contribution in [0, 0.1) is 47.8 Å². The highest BCUT2D eigenvalue weighted by Gasteiger charge is 2.64. The van der Waals surface area contributed by atoms with Crippen molar-refractivity contribution in [3.63, 3.8) is 0 Å². The van der Waals surface area contributed by atoms with Gasteiger partial charge in [0, 0.05) is 44.2 Å². The van der Waals surface area contributed by atoms with E-state index in [1.54, 1.807) is 0 Å². The van der Waals surface area contributed by atoms with Crippen molar-refractivity contribution < 1.29 is 4.57 Å². The third-order valence-electron chi connectivity index (χ3n) is 12.3. The van der Waals surface area contributed by atoms with Gasteiger partial charge in [0.05, 0.1) is 0 Å². The van der Waals surface area contributed by atoms with E-state index < -0.39 is 0 Å². The van der Waals surface area contributed by atoms with Crippen LogP contribution in [0.4, 0.5) is 0 Å². The summed E-state index contributed by atoms with van der Waals surface area (Å²) in [5.41, 5.74) is 7.77. The SMILES string of the molecule is Cc1c(C(C)(C)C)c(C)[n+](C(C)(C)C(C)(C)C(C)(C)C(C)(C)C(C)(C)C(C)(C)C)c(C)c1C(C)(C)C. The summed E-state index contributed by atoms with van der Waals surface area (Å²) >= 11 is 0. The number of hydrogen-bond donors (Lipinski definition) is 0. The molecule has 1 aromatic rings. The second-order valence-electron chi connectivity index (χ2n) is 17.7. The Morgan fingerprint density at radius 3 is 0.917 bits per heavy atom. The lowest BCUT2D eigenvalue weighted by atomic mass is 9.40. The molecule has 0 atom stereocenters. The third kappa shape index (κ3) is 4.62. The lowest BCUT2D eigenvalue weighted by Crippen LogP contribution is -2.70. The van der Waals surface area contributed by atoms with Gasteiger partial charge in [-0.05, 0) is 45.0 Å². The van der Waals surface area contributed by atoms with Gasteiger partial charge < -0.3 is 0 Å². The maximum absolute atomic E-state index is 2.74. The molecule has 0 saturated carbocycles. The molecule has 0 amide bonds. The highest BCUT2D eigenvalue weighted by atomic mass is 15.1. The van der Waals surface area contributed by atoms with Crippen molar-refractivity contribution in [2.24, 2.45) is 27.1 Å². The molecule has 1 heteroatoms. The summed E-state index contributed by atoms with van der Waals surface area (Å²) in [6, 6.07) is 0. The molecule has 1 nitrogen and oxygen atoms in total. The van der Waals surface area contributed by atoms with Gasteiger partial charge >= 0.3 is 0 Å². The molecule has 36 heavy (non-hydrogen) atoms. The predicted octanol–water partition coefficient (Wildman–Crippen LogP) is 10.4. The van der Waals surface area contributed by atoms with Gasteiger partial charge in [-0.3, -0.25) is 0 Å². The highest BCUT2D eigenvalue weighted by molar-refractivity contribution is 5.43. The van der Waals surface area contributed by atoms with Crippen LogP contribution in [0.5, 0.6) is 0 Å². The van der Waals surface area contributed by atoms with Gasteiger partial charge in [0.15, 0.2) is 16.9 Å². The monoisotopic (exact) mass is 501 g/mol. The fourth-order valence-electron chi connectivity index (χ4n) is 7.74. The van der Waals surface area contributed by atoms with Crippen LogP contribution in [-0.4, -0.2) is 0 Å². The first kappa shape index (κ1) is 33.2. The van der Waals surface area contributed by atoms with Gasteiger partial charge in [-0.25, -0.2) is 0 Å². The van der Waals surface area contributed by atoms with Crippen molar-refractivity contribution in [2.75, 3.05) is 0 Å². The van der Waals surface area contributed by atoms with Crippen molar-refractivity contribution in [2.45, 2.75) is 169 Å². The fraction of sp³-hybridized carbons (Fsp3) is 0.857. The second kappa shape index (κ2) is 8.84. The van der Waals surface area contributed by atoms with Crippen LogP contribution in [0.2, 0.25) is 0 Å². The number of nitrogens with zero attached hydrogens (tertiary/aromatic N) is 1. The zero-order valence-electron chi connectivity index (χ0n) is 28.9. The Balaban J connectivity index is 4.22. The first-order chi connectivity index (χ1) is 15.3. The Labute approximate surface area is 228 Å². The molecule has 0 fully saturated rings. The maximum atomic E-state index is 2.74. The minimum atomic E-state index is -0.121. The van der Waals surface area contributed by atoms with E-state index in [1.807, 2.05) is 0 Å². The molecule has 0 radical (unpaired) electrons. The van der Waals surface area contributed by atoms with Crippen LogP contribution in [0.1, 0.15) is 160 Å². The Morgan fingerprint density at radius 2 is 0.667 bits per heavy atom. The predicted molar refractivity (Wildman–Crippen MR) is 162 cm³/mol. The number of pyridine rings is 1. The lowest BCUT2D eigenvalue weighted by Gasteiger charge is -2.64. The fourth-order valence-corrected chi connectivity index (χ4v) is 7.74. The minimum Gasteiger partial charge on any atom is -0.194 e. The summed E-state index contributed by atoms with van der Waals surface area (Å²) < 4.78 is 2.74. The van der Waals surface area contributed by atoms with E-state index in [0.29, 0.717) is 0 Å². The molecule has 0 unspecified atom stereocenters. The molecule has 210 valence electrons. The van der Waals surface area contributed by atoms with Gasteiger partial charge in [-0.2, -0.15) is 4.57 Å². The Bertz CT molecular complexity index is 932. The van der Waals surface area contributed by atoms with Gasteiger partial charge in [0.1, 0.15) is 0 Å². The van der Waals surface area contributed by atoms with E-state index in [4.69, 9.17) is 0 Å². The van der Waals surface area contributed by atoms with E-state index in [2.05, 4.69) is 157 Å². The molecule has 0 aliphatic carbocycles. The summed E-state index contributed by atoms with van der Waals surface area (Å²) in [4.78, 5) is 0. The molecule has 1 heterocycles. The molecular formula is C35H66N+. The Kier molecular flexibility index (Phi) is 8.15. The standard InChI is InChI=1S/C35H66N/c1-23-26(28(4,5)6)24(2)36(25(3)27(23)29(7,8)9)35(21,22)34(19,20)33(17,18)32(15,16)31(13,14)30(10,11)12/h1-22H3/q+1. The summed E-state index contributed by atoms with van der Waals surface area (Å²) in [7, 11) is 0. The molecule has 0 spiro atoms. The molecule has 0 saturated heterocycles.